The molecule has 146 valence electrons. The zero-order chi connectivity index (χ0) is 20.3. The summed E-state index contributed by atoms with van der Waals surface area (Å²) in [4.78, 5) is 12.5. The summed E-state index contributed by atoms with van der Waals surface area (Å²) in [5, 5.41) is 7.51. The highest BCUT2D eigenvalue weighted by Gasteiger charge is 2.16. The molecule has 0 fully saturated rings. The van der Waals surface area contributed by atoms with Crippen molar-refractivity contribution in [2.45, 2.75) is 40.5 Å². The third kappa shape index (κ3) is 4.25. The maximum absolute atomic E-state index is 12.5. The number of benzene rings is 2. The molecule has 0 aliphatic carbocycles. The van der Waals surface area contributed by atoms with E-state index in [0.29, 0.717) is 5.92 Å². The second kappa shape index (κ2) is 8.30. The molecule has 1 heterocycles. The lowest BCUT2D eigenvalue weighted by Crippen LogP contribution is -2.21. The quantitative estimate of drug-likeness (QED) is 0.662. The normalized spacial score (nSPS) is 10.9. The van der Waals surface area contributed by atoms with E-state index in [1.54, 1.807) is 0 Å². The summed E-state index contributed by atoms with van der Waals surface area (Å²) in [6.45, 7) is 10.0. The zero-order valence-electron chi connectivity index (χ0n) is 17.1. The fraction of sp³-hybridized carbons (Fsp3) is 0.304. The molecule has 0 spiro atoms. The van der Waals surface area contributed by atoms with Gasteiger partial charge >= 0.3 is 0 Å². The number of para-hydroxylation sites is 1. The number of hydrogen-bond acceptors (Lipinski definition) is 3. The first kappa shape index (κ1) is 19.7. The van der Waals surface area contributed by atoms with Crippen molar-refractivity contribution < 1.29 is 9.53 Å². The Morgan fingerprint density at radius 1 is 1.11 bits per heavy atom. The molecule has 0 aliphatic heterocycles. The predicted molar refractivity (Wildman–Crippen MR) is 112 cm³/mol. The van der Waals surface area contributed by atoms with Gasteiger partial charge in [0.15, 0.2) is 6.61 Å². The smallest absolute Gasteiger partial charge is 0.262 e. The first-order valence-corrected chi connectivity index (χ1v) is 9.51. The first-order valence-electron chi connectivity index (χ1n) is 9.51. The number of anilines is 1. The van der Waals surface area contributed by atoms with Gasteiger partial charge in [0.05, 0.1) is 22.8 Å². The highest BCUT2D eigenvalue weighted by atomic mass is 16.5. The molecular formula is C23H27N3O2. The lowest BCUT2D eigenvalue weighted by molar-refractivity contribution is -0.118. The van der Waals surface area contributed by atoms with Crippen molar-refractivity contribution >= 4 is 11.6 Å². The number of amides is 1. The molecular weight excluding hydrogens is 350 g/mol. The van der Waals surface area contributed by atoms with Gasteiger partial charge in [0, 0.05) is 0 Å². The van der Waals surface area contributed by atoms with E-state index in [1.807, 2.05) is 67.9 Å². The predicted octanol–water partition coefficient (Wildman–Crippen LogP) is 4.94. The molecule has 0 atom stereocenters. The molecule has 0 bridgehead atoms. The van der Waals surface area contributed by atoms with Gasteiger partial charge in [-0.2, -0.15) is 5.10 Å². The van der Waals surface area contributed by atoms with Crippen LogP contribution in [0.5, 0.6) is 5.75 Å². The van der Waals surface area contributed by atoms with E-state index >= 15 is 0 Å². The lowest BCUT2D eigenvalue weighted by atomic mass is 10.0. The number of rotatable bonds is 6. The van der Waals surface area contributed by atoms with Crippen LogP contribution in [-0.4, -0.2) is 22.3 Å². The molecule has 5 heteroatoms. The Labute approximate surface area is 166 Å². The number of aromatic nitrogens is 2. The van der Waals surface area contributed by atoms with Gasteiger partial charge in [-0.3, -0.25) is 4.79 Å². The molecule has 1 aromatic heterocycles. The number of carbonyl (C=O) groups excluding carboxylic acids is 1. The molecule has 2 aromatic carbocycles. The van der Waals surface area contributed by atoms with E-state index < -0.39 is 0 Å². The summed E-state index contributed by atoms with van der Waals surface area (Å²) in [6.07, 6.45) is 0. The fourth-order valence-corrected chi connectivity index (χ4v) is 3.09. The van der Waals surface area contributed by atoms with Crippen LogP contribution < -0.4 is 10.1 Å². The van der Waals surface area contributed by atoms with Crippen LogP contribution in [0.2, 0.25) is 0 Å². The Morgan fingerprint density at radius 2 is 1.82 bits per heavy atom. The van der Waals surface area contributed by atoms with E-state index in [9.17, 15) is 4.79 Å². The van der Waals surface area contributed by atoms with E-state index in [1.165, 1.54) is 5.56 Å². The zero-order valence-corrected chi connectivity index (χ0v) is 17.1. The summed E-state index contributed by atoms with van der Waals surface area (Å²) in [6, 6.07) is 16.0. The monoisotopic (exact) mass is 377 g/mol. The van der Waals surface area contributed by atoms with Crippen molar-refractivity contribution in [3.63, 3.8) is 0 Å². The minimum absolute atomic E-state index is 0.0439. The maximum atomic E-state index is 12.5. The summed E-state index contributed by atoms with van der Waals surface area (Å²) in [5.74, 6) is 0.953. The average molecular weight is 377 g/mol. The third-order valence-corrected chi connectivity index (χ3v) is 4.79. The largest absolute Gasteiger partial charge is 0.483 e. The van der Waals surface area contributed by atoms with Gasteiger partial charge in [0.25, 0.3) is 5.91 Å². The van der Waals surface area contributed by atoms with Crippen molar-refractivity contribution in [2.75, 3.05) is 11.9 Å². The molecule has 3 rings (SSSR count). The summed E-state index contributed by atoms with van der Waals surface area (Å²) in [5.41, 5.74) is 5.55. The molecule has 0 unspecified atom stereocenters. The van der Waals surface area contributed by atoms with Crippen LogP contribution in [0.3, 0.4) is 0 Å². The van der Waals surface area contributed by atoms with Gasteiger partial charge in [-0.05, 0) is 56.0 Å². The summed E-state index contributed by atoms with van der Waals surface area (Å²) in [7, 11) is 0. The third-order valence-electron chi connectivity index (χ3n) is 4.79. The van der Waals surface area contributed by atoms with Gasteiger partial charge in [-0.15, -0.1) is 0 Å². The Balaban J connectivity index is 1.71. The van der Waals surface area contributed by atoms with Gasteiger partial charge in [0.2, 0.25) is 0 Å². The SMILES string of the molecule is Cc1ccc(C(C)C)cc1OCC(=O)Nc1c(C)nn(-c2ccccc2)c1C. The minimum Gasteiger partial charge on any atom is -0.483 e. The Hall–Kier alpha value is -3.08. The van der Waals surface area contributed by atoms with E-state index in [0.717, 1.165) is 34.1 Å². The van der Waals surface area contributed by atoms with Crippen molar-refractivity contribution in [1.82, 2.24) is 9.78 Å². The highest BCUT2D eigenvalue weighted by molar-refractivity contribution is 5.93. The molecule has 1 N–H and O–H groups in total. The molecule has 0 aliphatic rings. The van der Waals surface area contributed by atoms with Gasteiger partial charge in [0.1, 0.15) is 5.75 Å². The molecule has 0 saturated carbocycles. The second-order valence-corrected chi connectivity index (χ2v) is 7.31. The highest BCUT2D eigenvalue weighted by Crippen LogP contribution is 2.25. The number of hydrogen-bond donors (Lipinski definition) is 1. The van der Waals surface area contributed by atoms with E-state index in [4.69, 9.17) is 4.74 Å². The molecule has 5 nitrogen and oxygen atoms in total. The average Bonchev–Trinajstić information content (AvgIpc) is 2.96. The van der Waals surface area contributed by atoms with Crippen molar-refractivity contribution in [1.29, 1.82) is 0 Å². The van der Waals surface area contributed by atoms with Crippen LogP contribution in [0.15, 0.2) is 48.5 Å². The minimum atomic E-state index is -0.201. The van der Waals surface area contributed by atoms with Gasteiger partial charge in [-0.25, -0.2) is 4.68 Å². The van der Waals surface area contributed by atoms with Gasteiger partial charge < -0.3 is 10.1 Å². The van der Waals surface area contributed by atoms with Crippen LogP contribution in [-0.2, 0) is 4.79 Å². The molecule has 3 aromatic rings. The van der Waals surface area contributed by atoms with E-state index in [-0.39, 0.29) is 12.5 Å². The van der Waals surface area contributed by atoms with Crippen LogP contribution in [0, 0.1) is 20.8 Å². The summed E-state index contributed by atoms with van der Waals surface area (Å²) < 4.78 is 7.63. The van der Waals surface area contributed by atoms with Crippen LogP contribution in [0.1, 0.15) is 42.3 Å². The topological polar surface area (TPSA) is 56.1 Å². The molecule has 28 heavy (non-hydrogen) atoms. The fourth-order valence-electron chi connectivity index (χ4n) is 3.09. The molecule has 0 saturated heterocycles. The lowest BCUT2D eigenvalue weighted by Gasteiger charge is -2.13. The van der Waals surface area contributed by atoms with Crippen LogP contribution in [0.25, 0.3) is 5.69 Å². The van der Waals surface area contributed by atoms with Crippen molar-refractivity contribution in [3.05, 3.63) is 71.0 Å². The van der Waals surface area contributed by atoms with Crippen molar-refractivity contribution in [2.24, 2.45) is 0 Å². The number of ether oxygens (including phenoxy) is 1. The molecule has 1 amide bonds. The number of nitrogens with one attached hydrogen (secondary N) is 1. The Kier molecular flexibility index (Phi) is 5.83. The first-order chi connectivity index (χ1) is 13.4. The molecule has 0 radical (unpaired) electrons. The Bertz CT molecular complexity index is 975. The van der Waals surface area contributed by atoms with Gasteiger partial charge in [-0.1, -0.05) is 44.2 Å². The number of nitrogens with zero attached hydrogens (tertiary/aromatic N) is 2. The standard InChI is InChI=1S/C23H27N3O2/c1-15(2)19-12-11-16(3)21(13-19)28-14-22(27)24-23-17(4)25-26(18(23)5)20-9-7-6-8-10-20/h6-13,15H,14H2,1-5H3,(H,24,27). The number of aryl methyl sites for hydroxylation is 2. The van der Waals surface area contributed by atoms with Crippen LogP contribution in [0.4, 0.5) is 5.69 Å². The maximum Gasteiger partial charge on any atom is 0.262 e. The second-order valence-electron chi connectivity index (χ2n) is 7.31. The number of carbonyl (C=O) groups is 1. The Morgan fingerprint density at radius 3 is 2.50 bits per heavy atom. The van der Waals surface area contributed by atoms with Crippen molar-refractivity contribution in [3.8, 4) is 11.4 Å². The summed E-state index contributed by atoms with van der Waals surface area (Å²) >= 11 is 0. The van der Waals surface area contributed by atoms with E-state index in [2.05, 4.69) is 30.3 Å². The van der Waals surface area contributed by atoms with Crippen LogP contribution >= 0.6 is 0 Å².